The Bertz CT molecular complexity index is 1000. The van der Waals surface area contributed by atoms with Crippen LogP contribution in [-0.2, 0) is 6.54 Å². The summed E-state index contributed by atoms with van der Waals surface area (Å²) < 4.78 is 5.18. The number of benzene rings is 1. The minimum Gasteiger partial charge on any atom is -0.481 e. The molecule has 25 heavy (non-hydrogen) atoms. The first-order chi connectivity index (χ1) is 12.3. The number of aromatic nitrogens is 3. The van der Waals surface area contributed by atoms with Crippen LogP contribution in [0.25, 0.3) is 22.3 Å². The lowest BCUT2D eigenvalue weighted by atomic mass is 10.2. The van der Waals surface area contributed by atoms with Gasteiger partial charge in [-0.1, -0.05) is 12.1 Å². The minimum atomic E-state index is 0.603. The summed E-state index contributed by atoms with van der Waals surface area (Å²) in [5.74, 6) is 2.16. The maximum atomic E-state index is 5.18. The van der Waals surface area contributed by atoms with E-state index in [0.717, 1.165) is 33.7 Å². The van der Waals surface area contributed by atoms with Crippen LogP contribution in [0.2, 0.25) is 0 Å². The van der Waals surface area contributed by atoms with Crippen molar-refractivity contribution in [2.45, 2.75) is 6.54 Å². The highest BCUT2D eigenvalue weighted by atomic mass is 32.1. The summed E-state index contributed by atoms with van der Waals surface area (Å²) in [5.41, 5.74) is 3.03. The number of nitrogens with one attached hydrogen (secondary N) is 1. The van der Waals surface area contributed by atoms with E-state index >= 15 is 0 Å². The van der Waals surface area contributed by atoms with Gasteiger partial charge in [0.1, 0.15) is 5.82 Å². The van der Waals surface area contributed by atoms with Crippen molar-refractivity contribution in [3.8, 4) is 17.3 Å². The predicted molar refractivity (Wildman–Crippen MR) is 101 cm³/mol. The van der Waals surface area contributed by atoms with Crippen LogP contribution in [-0.4, -0.2) is 22.1 Å². The molecule has 1 N–H and O–H groups in total. The van der Waals surface area contributed by atoms with E-state index in [0.29, 0.717) is 12.4 Å². The largest absolute Gasteiger partial charge is 0.481 e. The van der Waals surface area contributed by atoms with Gasteiger partial charge in [-0.15, -0.1) is 0 Å². The number of thiophene rings is 1. The highest BCUT2D eigenvalue weighted by Gasteiger charge is 2.09. The SMILES string of the molecule is COc1cc(CNc2nc(-c3ccsc3)nc3ccccc23)ccn1. The molecular weight excluding hydrogens is 332 g/mol. The van der Waals surface area contributed by atoms with Crippen LogP contribution >= 0.6 is 11.3 Å². The predicted octanol–water partition coefficient (Wildman–Crippen LogP) is 4.37. The van der Waals surface area contributed by atoms with Gasteiger partial charge < -0.3 is 10.1 Å². The van der Waals surface area contributed by atoms with Gasteiger partial charge in [-0.05, 0) is 35.2 Å². The van der Waals surface area contributed by atoms with Crippen LogP contribution in [0, 0.1) is 0 Å². The monoisotopic (exact) mass is 348 g/mol. The first-order valence-corrected chi connectivity index (χ1v) is 8.80. The van der Waals surface area contributed by atoms with E-state index in [-0.39, 0.29) is 0 Å². The fourth-order valence-electron chi connectivity index (χ4n) is 2.59. The highest BCUT2D eigenvalue weighted by molar-refractivity contribution is 7.08. The maximum Gasteiger partial charge on any atom is 0.213 e. The summed E-state index contributed by atoms with van der Waals surface area (Å²) in [4.78, 5) is 13.6. The zero-order chi connectivity index (χ0) is 17.1. The smallest absolute Gasteiger partial charge is 0.213 e. The Morgan fingerprint density at radius 2 is 2.04 bits per heavy atom. The second-order valence-electron chi connectivity index (χ2n) is 5.48. The Morgan fingerprint density at radius 1 is 1.12 bits per heavy atom. The van der Waals surface area contributed by atoms with Crippen molar-refractivity contribution < 1.29 is 4.74 Å². The third-order valence-electron chi connectivity index (χ3n) is 3.85. The molecule has 0 aliphatic carbocycles. The van der Waals surface area contributed by atoms with Crippen molar-refractivity contribution in [1.82, 2.24) is 15.0 Å². The third-order valence-corrected chi connectivity index (χ3v) is 4.53. The van der Waals surface area contributed by atoms with E-state index in [1.165, 1.54) is 0 Å². The number of ether oxygens (including phenoxy) is 1. The van der Waals surface area contributed by atoms with Gasteiger partial charge in [0.05, 0.1) is 12.6 Å². The lowest BCUT2D eigenvalue weighted by Gasteiger charge is -2.11. The zero-order valence-electron chi connectivity index (χ0n) is 13.6. The number of hydrogen-bond donors (Lipinski definition) is 1. The van der Waals surface area contributed by atoms with Gasteiger partial charge in [-0.3, -0.25) is 0 Å². The lowest BCUT2D eigenvalue weighted by Crippen LogP contribution is -2.04. The van der Waals surface area contributed by atoms with Gasteiger partial charge in [0.15, 0.2) is 5.82 Å². The second-order valence-corrected chi connectivity index (χ2v) is 6.27. The van der Waals surface area contributed by atoms with Gasteiger partial charge >= 0.3 is 0 Å². The standard InChI is InChI=1S/C19H16N4OS/c1-24-17-10-13(6-8-20-17)11-21-19-15-4-2-3-5-16(15)22-18(23-19)14-7-9-25-12-14/h2-10,12H,11H2,1H3,(H,21,22,23). The molecule has 0 amide bonds. The van der Waals surface area contributed by atoms with Gasteiger partial charge in [0.2, 0.25) is 5.88 Å². The molecule has 4 aromatic rings. The number of pyridine rings is 1. The number of para-hydroxylation sites is 1. The van der Waals surface area contributed by atoms with E-state index < -0.39 is 0 Å². The van der Waals surface area contributed by atoms with Crippen molar-refractivity contribution in [2.24, 2.45) is 0 Å². The van der Waals surface area contributed by atoms with Crippen LogP contribution in [0.15, 0.2) is 59.4 Å². The highest BCUT2D eigenvalue weighted by Crippen LogP contribution is 2.26. The molecule has 4 rings (SSSR count). The maximum absolute atomic E-state index is 5.18. The lowest BCUT2D eigenvalue weighted by molar-refractivity contribution is 0.397. The Hall–Kier alpha value is -2.99. The number of hydrogen-bond acceptors (Lipinski definition) is 6. The van der Waals surface area contributed by atoms with Gasteiger partial charge in [-0.2, -0.15) is 11.3 Å². The van der Waals surface area contributed by atoms with E-state index in [1.54, 1.807) is 24.6 Å². The fourth-order valence-corrected chi connectivity index (χ4v) is 3.22. The van der Waals surface area contributed by atoms with Crippen molar-refractivity contribution in [3.05, 3.63) is 65.0 Å². The van der Waals surface area contributed by atoms with Crippen molar-refractivity contribution in [2.75, 3.05) is 12.4 Å². The first-order valence-electron chi connectivity index (χ1n) is 7.85. The average molecular weight is 348 g/mol. The second kappa shape index (κ2) is 6.86. The van der Waals surface area contributed by atoms with Crippen LogP contribution < -0.4 is 10.1 Å². The summed E-state index contributed by atoms with van der Waals surface area (Å²) in [7, 11) is 1.62. The molecule has 124 valence electrons. The first kappa shape index (κ1) is 15.5. The number of rotatable bonds is 5. The van der Waals surface area contributed by atoms with Gasteiger partial charge in [0.25, 0.3) is 0 Å². The summed E-state index contributed by atoms with van der Waals surface area (Å²) in [6.45, 7) is 0.628. The molecule has 0 aliphatic heterocycles. The third kappa shape index (κ3) is 3.29. The van der Waals surface area contributed by atoms with Crippen molar-refractivity contribution >= 4 is 28.1 Å². The molecule has 0 unspecified atom stereocenters. The molecule has 0 aliphatic rings. The molecule has 0 saturated carbocycles. The number of fused-ring (bicyclic) bond motifs is 1. The van der Waals surface area contributed by atoms with E-state index in [1.807, 2.05) is 47.8 Å². The van der Waals surface area contributed by atoms with Crippen molar-refractivity contribution in [3.63, 3.8) is 0 Å². The molecule has 6 heteroatoms. The molecule has 0 atom stereocenters. The summed E-state index contributed by atoms with van der Waals surface area (Å²) in [6, 6.07) is 13.9. The molecular formula is C19H16N4OS. The van der Waals surface area contributed by atoms with Crippen molar-refractivity contribution in [1.29, 1.82) is 0 Å². The molecule has 0 radical (unpaired) electrons. The Balaban J connectivity index is 1.70. The molecule has 0 spiro atoms. The van der Waals surface area contributed by atoms with E-state index in [9.17, 15) is 0 Å². The average Bonchev–Trinajstić information content (AvgIpc) is 3.21. The minimum absolute atomic E-state index is 0.603. The van der Waals surface area contributed by atoms with E-state index in [2.05, 4.69) is 20.7 Å². The molecule has 3 aromatic heterocycles. The Morgan fingerprint density at radius 3 is 2.88 bits per heavy atom. The topological polar surface area (TPSA) is 59.9 Å². The zero-order valence-corrected chi connectivity index (χ0v) is 14.5. The fraction of sp³-hybridized carbons (Fsp3) is 0.105. The van der Waals surface area contributed by atoms with E-state index in [4.69, 9.17) is 9.72 Å². The van der Waals surface area contributed by atoms with Crippen LogP contribution in [0.3, 0.4) is 0 Å². The summed E-state index contributed by atoms with van der Waals surface area (Å²) in [6.07, 6.45) is 1.74. The quantitative estimate of drug-likeness (QED) is 0.580. The van der Waals surface area contributed by atoms with Crippen LogP contribution in [0.5, 0.6) is 5.88 Å². The van der Waals surface area contributed by atoms with Gasteiger partial charge in [0, 0.05) is 35.1 Å². The van der Waals surface area contributed by atoms with Gasteiger partial charge in [-0.25, -0.2) is 15.0 Å². The molecule has 0 bridgehead atoms. The molecule has 1 aromatic carbocycles. The Labute approximate surface area is 149 Å². The molecule has 5 nitrogen and oxygen atoms in total. The van der Waals surface area contributed by atoms with Crippen LogP contribution in [0.1, 0.15) is 5.56 Å². The number of methoxy groups -OCH3 is 1. The van der Waals surface area contributed by atoms with Crippen LogP contribution in [0.4, 0.5) is 5.82 Å². The molecule has 0 fully saturated rings. The number of anilines is 1. The normalized spacial score (nSPS) is 10.8. The molecule has 3 heterocycles. The summed E-state index contributed by atoms with van der Waals surface area (Å²) in [5, 5.41) is 8.52. The number of nitrogens with zero attached hydrogens (tertiary/aromatic N) is 3. The Kier molecular flexibility index (Phi) is 4.26. The summed E-state index contributed by atoms with van der Waals surface area (Å²) >= 11 is 1.64. The molecule has 0 saturated heterocycles.